The van der Waals surface area contributed by atoms with Crippen LogP contribution in [-0.4, -0.2) is 36.2 Å². The smallest absolute Gasteiger partial charge is 0.252 e. The molecule has 0 radical (unpaired) electrons. The first-order valence-electron chi connectivity index (χ1n) is 31.4. The van der Waals surface area contributed by atoms with Gasteiger partial charge in [-0.05, 0) is 129 Å². The molecule has 9 heteroatoms. The maximum Gasteiger partial charge on any atom is 0.252 e. The van der Waals surface area contributed by atoms with E-state index in [-0.39, 0.29) is 12.1 Å². The number of fused-ring (bicyclic) bond motifs is 7. The van der Waals surface area contributed by atoms with Crippen molar-refractivity contribution in [2.24, 2.45) is 0 Å². The van der Waals surface area contributed by atoms with Crippen LogP contribution in [0.1, 0.15) is 26.3 Å². The van der Waals surface area contributed by atoms with Gasteiger partial charge in [0.05, 0.1) is 28.1 Å². The highest BCUT2D eigenvalue weighted by molar-refractivity contribution is 7.00. The van der Waals surface area contributed by atoms with E-state index in [1.165, 1.54) is 55.5 Å². The van der Waals surface area contributed by atoms with Crippen molar-refractivity contribution in [3.05, 3.63) is 309 Å². The first-order valence-corrected chi connectivity index (χ1v) is 31.4. The van der Waals surface area contributed by atoms with Gasteiger partial charge in [-0.3, -0.25) is 0 Å². The zero-order valence-corrected chi connectivity index (χ0v) is 51.0. The van der Waals surface area contributed by atoms with Crippen molar-refractivity contribution in [2.45, 2.75) is 26.2 Å². The van der Waals surface area contributed by atoms with Crippen LogP contribution >= 0.6 is 0 Å². The van der Waals surface area contributed by atoms with Crippen molar-refractivity contribution in [1.82, 2.24) is 29.5 Å². The zero-order valence-electron chi connectivity index (χ0n) is 51.0. The summed E-state index contributed by atoms with van der Waals surface area (Å²) >= 11 is 0. The lowest BCUT2D eigenvalue weighted by atomic mass is 9.33. The molecule has 15 aromatic rings. The summed E-state index contributed by atoms with van der Waals surface area (Å²) in [5.41, 5.74) is 24.4. The van der Waals surface area contributed by atoms with E-state index in [2.05, 4.69) is 272 Å². The number of rotatable bonds is 10. The minimum Gasteiger partial charge on any atom is -0.311 e. The Balaban J connectivity index is 0.789. The standard InChI is InChI=1S/C83H59BN8/c1-83(2,3)61-46-50-72-65(52-61)64-31-16-19-34-71(64)92(72)73-49-45-60(81-88-79(58-25-10-5-11-26-58)87-80(89-81)59-27-12-6-13-28-59)51-66(73)82-85-69(56-23-8-4-9-24-56)53-70(86-82)57-41-39-54(40-42-57)55-43-47-63(48-44-55)91-75-36-21-18-33-68(75)84-67-32-17-20-35-74(67)90(62-29-14-7-15-30-62)76-37-22-38-77(91)78(76)84/h4-53H,1-3H3. The topological polar surface area (TPSA) is 75.9 Å². The van der Waals surface area contributed by atoms with Gasteiger partial charge in [-0.15, -0.1) is 0 Å². The lowest BCUT2D eigenvalue weighted by molar-refractivity contribution is 0.591. The van der Waals surface area contributed by atoms with Gasteiger partial charge in [-0.25, -0.2) is 24.9 Å². The lowest BCUT2D eigenvalue weighted by Gasteiger charge is -2.44. The molecule has 5 heterocycles. The fourth-order valence-corrected chi connectivity index (χ4v) is 13.8. The molecule has 2 aliphatic rings. The first-order chi connectivity index (χ1) is 45.3. The monoisotopic (exact) mass is 1180 g/mol. The quantitative estimate of drug-likeness (QED) is 0.126. The van der Waals surface area contributed by atoms with Crippen LogP contribution in [-0.2, 0) is 5.41 Å². The van der Waals surface area contributed by atoms with Crippen molar-refractivity contribution in [2.75, 3.05) is 9.80 Å². The number of para-hydroxylation sites is 4. The van der Waals surface area contributed by atoms with E-state index in [1.807, 2.05) is 66.7 Å². The van der Waals surface area contributed by atoms with E-state index in [1.54, 1.807) is 0 Å². The molecule has 434 valence electrons. The molecule has 12 aromatic carbocycles. The van der Waals surface area contributed by atoms with E-state index in [0.29, 0.717) is 23.3 Å². The van der Waals surface area contributed by atoms with Crippen LogP contribution in [0.2, 0.25) is 0 Å². The summed E-state index contributed by atoms with van der Waals surface area (Å²) in [6.45, 7) is 6.90. The van der Waals surface area contributed by atoms with Crippen LogP contribution in [0.25, 0.3) is 107 Å². The minimum atomic E-state index is -0.0490. The van der Waals surface area contributed by atoms with Crippen LogP contribution in [0, 0.1) is 0 Å². The molecule has 92 heavy (non-hydrogen) atoms. The van der Waals surface area contributed by atoms with Gasteiger partial charge < -0.3 is 14.4 Å². The Bertz CT molecular complexity index is 5260. The van der Waals surface area contributed by atoms with Crippen LogP contribution in [0.4, 0.5) is 34.1 Å². The second-order valence-electron chi connectivity index (χ2n) is 24.8. The van der Waals surface area contributed by atoms with Crippen molar-refractivity contribution < 1.29 is 0 Å². The Morgan fingerprint density at radius 3 is 1.33 bits per heavy atom. The average Bonchev–Trinajstić information content (AvgIpc) is 0.816. The molecule has 0 saturated carbocycles. The highest BCUT2D eigenvalue weighted by Crippen LogP contribution is 2.45. The molecular formula is C83H59BN8. The van der Waals surface area contributed by atoms with Gasteiger partial charge in [0.25, 0.3) is 6.71 Å². The summed E-state index contributed by atoms with van der Waals surface area (Å²) in [4.78, 5) is 31.5. The minimum absolute atomic E-state index is 0.0490. The van der Waals surface area contributed by atoms with Gasteiger partial charge in [0.2, 0.25) is 0 Å². The maximum atomic E-state index is 5.61. The van der Waals surface area contributed by atoms with Gasteiger partial charge in [-0.2, -0.15) is 0 Å². The normalized spacial score (nSPS) is 12.4. The molecule has 0 aliphatic carbocycles. The zero-order chi connectivity index (χ0) is 61.4. The van der Waals surface area contributed by atoms with Crippen molar-refractivity contribution in [3.8, 4) is 84.9 Å². The molecule has 17 rings (SSSR count). The molecule has 0 amide bonds. The van der Waals surface area contributed by atoms with Gasteiger partial charge >= 0.3 is 0 Å². The fraction of sp³-hybridized carbons (Fsp3) is 0.0482. The third-order valence-electron chi connectivity index (χ3n) is 18.2. The highest BCUT2D eigenvalue weighted by atomic mass is 15.2. The molecule has 0 N–H and O–H groups in total. The molecule has 0 atom stereocenters. The number of aromatic nitrogens is 6. The summed E-state index contributed by atoms with van der Waals surface area (Å²) in [7, 11) is 0. The Labute approximate surface area is 535 Å². The predicted molar refractivity (Wildman–Crippen MR) is 381 cm³/mol. The van der Waals surface area contributed by atoms with E-state index in [4.69, 9.17) is 24.9 Å². The van der Waals surface area contributed by atoms with E-state index in [9.17, 15) is 0 Å². The molecule has 3 aromatic heterocycles. The van der Waals surface area contributed by atoms with Gasteiger partial charge in [0, 0.05) is 78.3 Å². The predicted octanol–water partition coefficient (Wildman–Crippen LogP) is 18.8. The van der Waals surface area contributed by atoms with Gasteiger partial charge in [-0.1, -0.05) is 233 Å². The van der Waals surface area contributed by atoms with Gasteiger partial charge in [0.1, 0.15) is 0 Å². The summed E-state index contributed by atoms with van der Waals surface area (Å²) < 4.78 is 2.37. The van der Waals surface area contributed by atoms with E-state index >= 15 is 0 Å². The largest absolute Gasteiger partial charge is 0.311 e. The molecule has 0 spiro atoms. The number of nitrogens with zero attached hydrogens (tertiary/aromatic N) is 8. The van der Waals surface area contributed by atoms with E-state index < -0.39 is 0 Å². The van der Waals surface area contributed by atoms with E-state index in [0.717, 1.165) is 84.0 Å². The van der Waals surface area contributed by atoms with Crippen molar-refractivity contribution in [1.29, 1.82) is 0 Å². The lowest BCUT2D eigenvalue weighted by Crippen LogP contribution is -2.61. The molecule has 0 unspecified atom stereocenters. The Morgan fingerprint density at radius 2 is 0.739 bits per heavy atom. The van der Waals surface area contributed by atoms with Crippen LogP contribution in [0.5, 0.6) is 0 Å². The third-order valence-corrected chi connectivity index (χ3v) is 18.2. The number of anilines is 6. The summed E-state index contributed by atoms with van der Waals surface area (Å²) in [5, 5.41) is 2.35. The summed E-state index contributed by atoms with van der Waals surface area (Å²) in [6, 6.07) is 108. The fourth-order valence-electron chi connectivity index (χ4n) is 13.8. The number of hydrogen-bond donors (Lipinski definition) is 0. The second-order valence-corrected chi connectivity index (χ2v) is 24.8. The molecular weight excluding hydrogens is 1120 g/mol. The van der Waals surface area contributed by atoms with Crippen LogP contribution in [0.3, 0.4) is 0 Å². The maximum absolute atomic E-state index is 5.61. The summed E-state index contributed by atoms with van der Waals surface area (Å²) in [5.74, 6) is 2.28. The number of hydrogen-bond acceptors (Lipinski definition) is 7. The third kappa shape index (κ3) is 9.35. The molecule has 0 fully saturated rings. The number of benzene rings is 12. The van der Waals surface area contributed by atoms with Crippen molar-refractivity contribution in [3.63, 3.8) is 0 Å². The molecule has 0 bridgehead atoms. The Hall–Kier alpha value is -11.8. The molecule has 8 nitrogen and oxygen atoms in total. The average molecular weight is 1180 g/mol. The highest BCUT2D eigenvalue weighted by Gasteiger charge is 2.43. The van der Waals surface area contributed by atoms with Crippen LogP contribution < -0.4 is 26.2 Å². The SMILES string of the molecule is CC(C)(C)c1ccc2c(c1)c1ccccc1n2-c1ccc(-c2nc(-c3ccccc3)nc(-c3ccccc3)n2)cc1-c1nc(-c2ccccc2)cc(-c2ccc(-c3ccc(N4c5ccccc5B5c6ccccc6N(c6ccccc6)c6cccc4c65)cc3)cc2)n1. The summed E-state index contributed by atoms with van der Waals surface area (Å²) in [6.07, 6.45) is 0. The van der Waals surface area contributed by atoms with Crippen LogP contribution in [0.15, 0.2) is 303 Å². The molecule has 0 saturated heterocycles. The molecule has 2 aliphatic heterocycles. The Morgan fingerprint density at radius 1 is 0.293 bits per heavy atom. The second kappa shape index (κ2) is 22.0. The van der Waals surface area contributed by atoms with Crippen molar-refractivity contribution >= 4 is 79.0 Å². The first kappa shape index (κ1) is 54.4. The Kier molecular flexibility index (Phi) is 13.0. The van der Waals surface area contributed by atoms with Gasteiger partial charge in [0.15, 0.2) is 23.3 Å².